The zero-order valence-corrected chi connectivity index (χ0v) is 11.6. The van der Waals surface area contributed by atoms with Crippen molar-refractivity contribution in [2.75, 3.05) is 5.32 Å². The summed E-state index contributed by atoms with van der Waals surface area (Å²) in [5.41, 5.74) is 1.95. The van der Waals surface area contributed by atoms with Crippen LogP contribution in [-0.2, 0) is 0 Å². The van der Waals surface area contributed by atoms with E-state index >= 15 is 0 Å². The van der Waals surface area contributed by atoms with Gasteiger partial charge < -0.3 is 20.1 Å². The topological polar surface area (TPSA) is 87.2 Å². The number of aromatic amines is 1. The van der Waals surface area contributed by atoms with Crippen LogP contribution in [0.15, 0.2) is 42.5 Å². The van der Waals surface area contributed by atoms with Crippen molar-refractivity contribution in [3.8, 4) is 5.75 Å². The zero-order chi connectivity index (χ0) is 16.4. The number of rotatable bonds is 5. The third-order valence-electron chi connectivity index (χ3n) is 3.07. The van der Waals surface area contributed by atoms with Crippen molar-refractivity contribution in [2.45, 2.75) is 6.61 Å². The van der Waals surface area contributed by atoms with Gasteiger partial charge in [0.25, 0.3) is 0 Å². The predicted molar refractivity (Wildman–Crippen MR) is 79.4 cm³/mol. The van der Waals surface area contributed by atoms with E-state index in [0.29, 0.717) is 22.7 Å². The molecule has 0 aliphatic carbocycles. The smallest absolute Gasteiger partial charge is 0.387 e. The van der Waals surface area contributed by atoms with Crippen LogP contribution in [0.3, 0.4) is 0 Å². The molecule has 0 spiro atoms. The third-order valence-corrected chi connectivity index (χ3v) is 3.07. The summed E-state index contributed by atoms with van der Waals surface area (Å²) >= 11 is 0. The number of benzene rings is 2. The van der Waals surface area contributed by atoms with Crippen molar-refractivity contribution in [3.05, 3.63) is 48.0 Å². The lowest BCUT2D eigenvalue weighted by atomic mass is 10.2. The molecular formula is C15H11F2N3O3. The van der Waals surface area contributed by atoms with Crippen LogP contribution in [0.4, 0.5) is 20.4 Å². The number of alkyl halides is 2. The summed E-state index contributed by atoms with van der Waals surface area (Å²) in [6, 6.07) is 10.5. The Hall–Kier alpha value is -3.16. The van der Waals surface area contributed by atoms with Gasteiger partial charge in [0.15, 0.2) is 0 Å². The van der Waals surface area contributed by atoms with E-state index in [-0.39, 0.29) is 11.3 Å². The molecule has 0 saturated heterocycles. The molecule has 6 nitrogen and oxygen atoms in total. The number of hydrogen-bond donors (Lipinski definition) is 3. The molecule has 0 aliphatic rings. The van der Waals surface area contributed by atoms with Crippen molar-refractivity contribution in [1.82, 2.24) is 9.97 Å². The van der Waals surface area contributed by atoms with Gasteiger partial charge in [0, 0.05) is 5.69 Å². The molecule has 3 N–H and O–H groups in total. The van der Waals surface area contributed by atoms with E-state index in [1.807, 2.05) is 0 Å². The fourth-order valence-corrected chi connectivity index (χ4v) is 2.06. The molecular weight excluding hydrogens is 308 g/mol. The molecule has 0 saturated carbocycles. The van der Waals surface area contributed by atoms with E-state index in [9.17, 15) is 13.6 Å². The molecule has 118 valence electrons. The van der Waals surface area contributed by atoms with Gasteiger partial charge in [0.05, 0.1) is 16.6 Å². The molecule has 1 heterocycles. The molecule has 3 aromatic rings. The van der Waals surface area contributed by atoms with Crippen LogP contribution in [-0.4, -0.2) is 27.7 Å². The van der Waals surface area contributed by atoms with Crippen molar-refractivity contribution in [3.63, 3.8) is 0 Å². The summed E-state index contributed by atoms with van der Waals surface area (Å²) in [6.45, 7) is -2.87. The molecule has 0 atom stereocenters. The number of fused-ring (bicyclic) bond motifs is 1. The van der Waals surface area contributed by atoms with Crippen molar-refractivity contribution < 1.29 is 23.4 Å². The highest BCUT2D eigenvalue weighted by atomic mass is 19.3. The van der Waals surface area contributed by atoms with Gasteiger partial charge in [-0.3, -0.25) is 0 Å². The van der Waals surface area contributed by atoms with Crippen molar-refractivity contribution in [1.29, 1.82) is 0 Å². The highest BCUT2D eigenvalue weighted by molar-refractivity contribution is 5.92. The number of halogens is 2. The van der Waals surface area contributed by atoms with Crippen LogP contribution >= 0.6 is 0 Å². The number of imidazole rings is 1. The number of ether oxygens (including phenoxy) is 1. The Kier molecular flexibility index (Phi) is 3.80. The molecule has 2 aromatic carbocycles. The minimum Gasteiger partial charge on any atom is -0.478 e. The molecule has 0 amide bonds. The van der Waals surface area contributed by atoms with Gasteiger partial charge in [-0.05, 0) is 42.5 Å². The number of carbonyl (C=O) groups is 1. The number of nitrogens with one attached hydrogen (secondary N) is 2. The maximum atomic E-state index is 12.1. The number of nitrogens with zero attached hydrogens (tertiary/aromatic N) is 1. The first-order chi connectivity index (χ1) is 11.0. The Bertz CT molecular complexity index is 847. The summed E-state index contributed by atoms with van der Waals surface area (Å²) in [7, 11) is 0. The van der Waals surface area contributed by atoms with Crippen molar-refractivity contribution >= 4 is 28.6 Å². The van der Waals surface area contributed by atoms with Gasteiger partial charge in [-0.25, -0.2) is 9.78 Å². The Morgan fingerprint density at radius 1 is 1.22 bits per heavy atom. The molecule has 0 unspecified atom stereocenters. The second-order valence-corrected chi connectivity index (χ2v) is 4.65. The summed E-state index contributed by atoms with van der Waals surface area (Å²) in [4.78, 5) is 18.2. The van der Waals surface area contributed by atoms with Crippen LogP contribution in [0, 0.1) is 0 Å². The minimum atomic E-state index is -2.87. The van der Waals surface area contributed by atoms with E-state index in [1.165, 1.54) is 24.3 Å². The number of H-pyrrole nitrogens is 1. The summed E-state index contributed by atoms with van der Waals surface area (Å²) in [5.74, 6) is -0.558. The standard InChI is InChI=1S/C15H11F2N3O3/c16-14(17)23-10-4-2-9(3-5-10)18-15-19-11-6-1-8(13(21)22)7-12(11)20-15/h1-7,14H,(H,21,22)(H2,18,19,20). The van der Waals surface area contributed by atoms with Gasteiger partial charge >= 0.3 is 12.6 Å². The van der Waals surface area contributed by atoms with Crippen LogP contribution in [0.2, 0.25) is 0 Å². The maximum Gasteiger partial charge on any atom is 0.387 e. The van der Waals surface area contributed by atoms with E-state index < -0.39 is 12.6 Å². The fourth-order valence-electron chi connectivity index (χ4n) is 2.06. The molecule has 3 rings (SSSR count). The first-order valence-electron chi connectivity index (χ1n) is 6.56. The predicted octanol–water partition coefficient (Wildman–Crippen LogP) is 3.61. The first kappa shape index (κ1) is 14.8. The molecule has 0 radical (unpaired) electrons. The quantitative estimate of drug-likeness (QED) is 0.669. The number of carboxylic acids is 1. The maximum absolute atomic E-state index is 12.1. The van der Waals surface area contributed by atoms with E-state index in [2.05, 4.69) is 20.0 Å². The van der Waals surface area contributed by atoms with Gasteiger partial charge in [-0.2, -0.15) is 8.78 Å². The van der Waals surface area contributed by atoms with Crippen LogP contribution < -0.4 is 10.1 Å². The second-order valence-electron chi connectivity index (χ2n) is 4.65. The van der Waals surface area contributed by atoms with E-state index in [0.717, 1.165) is 0 Å². The summed E-state index contributed by atoms with van der Waals surface area (Å²) in [5, 5.41) is 11.9. The van der Waals surface area contributed by atoms with Crippen LogP contribution in [0.1, 0.15) is 10.4 Å². The highest BCUT2D eigenvalue weighted by Crippen LogP contribution is 2.22. The fraction of sp³-hybridized carbons (Fsp3) is 0.0667. The normalized spacial score (nSPS) is 10.9. The summed E-state index contributed by atoms with van der Waals surface area (Å²) in [6.07, 6.45) is 0. The molecule has 0 fully saturated rings. The van der Waals surface area contributed by atoms with Gasteiger partial charge in [0.2, 0.25) is 5.95 Å². The number of aromatic carboxylic acids is 1. The molecule has 1 aromatic heterocycles. The number of anilines is 2. The number of hydrogen-bond acceptors (Lipinski definition) is 4. The second kappa shape index (κ2) is 5.91. The Balaban J connectivity index is 1.79. The average molecular weight is 319 g/mol. The van der Waals surface area contributed by atoms with E-state index in [1.54, 1.807) is 18.2 Å². The first-order valence-corrected chi connectivity index (χ1v) is 6.56. The van der Waals surface area contributed by atoms with Gasteiger partial charge in [-0.1, -0.05) is 0 Å². The molecule has 0 bridgehead atoms. The number of aromatic nitrogens is 2. The largest absolute Gasteiger partial charge is 0.478 e. The minimum absolute atomic E-state index is 0.0567. The molecule has 8 heteroatoms. The molecule has 23 heavy (non-hydrogen) atoms. The lowest BCUT2D eigenvalue weighted by molar-refractivity contribution is -0.0498. The zero-order valence-electron chi connectivity index (χ0n) is 11.6. The third kappa shape index (κ3) is 3.37. The van der Waals surface area contributed by atoms with Crippen molar-refractivity contribution in [2.24, 2.45) is 0 Å². The van der Waals surface area contributed by atoms with E-state index in [4.69, 9.17) is 5.11 Å². The highest BCUT2D eigenvalue weighted by Gasteiger charge is 2.08. The Morgan fingerprint density at radius 2 is 1.96 bits per heavy atom. The SMILES string of the molecule is O=C(O)c1ccc2nc(Nc3ccc(OC(F)F)cc3)[nH]c2c1. The Labute approximate surface area is 128 Å². The average Bonchev–Trinajstić information content (AvgIpc) is 2.90. The summed E-state index contributed by atoms with van der Waals surface area (Å²) < 4.78 is 28.4. The lowest BCUT2D eigenvalue weighted by Gasteiger charge is -2.06. The molecule has 0 aliphatic heterocycles. The monoisotopic (exact) mass is 319 g/mol. The number of carboxylic acid groups (broad SMARTS) is 1. The van der Waals surface area contributed by atoms with Gasteiger partial charge in [0.1, 0.15) is 5.75 Å². The lowest BCUT2D eigenvalue weighted by Crippen LogP contribution is -2.01. The van der Waals surface area contributed by atoms with Crippen LogP contribution in [0.25, 0.3) is 11.0 Å². The van der Waals surface area contributed by atoms with Crippen LogP contribution in [0.5, 0.6) is 5.75 Å². The Morgan fingerprint density at radius 3 is 2.61 bits per heavy atom. The van der Waals surface area contributed by atoms with Gasteiger partial charge in [-0.15, -0.1) is 0 Å².